The zero-order valence-corrected chi connectivity index (χ0v) is 18.1. The van der Waals surface area contributed by atoms with Crippen molar-refractivity contribution in [3.63, 3.8) is 0 Å². The maximum atomic E-state index is 12.6. The van der Waals surface area contributed by atoms with Crippen LogP contribution < -0.4 is 5.32 Å². The Morgan fingerprint density at radius 2 is 2.00 bits per heavy atom. The van der Waals surface area contributed by atoms with Gasteiger partial charge in [0, 0.05) is 10.6 Å². The third-order valence-corrected chi connectivity index (χ3v) is 6.18. The zero-order chi connectivity index (χ0) is 20.8. The van der Waals surface area contributed by atoms with Crippen LogP contribution in [-0.4, -0.2) is 39.0 Å². The number of ether oxygens (including phenoxy) is 1. The highest BCUT2D eigenvalue weighted by Crippen LogP contribution is 2.34. The molecule has 0 atom stereocenters. The lowest BCUT2D eigenvalue weighted by atomic mass is 10.1. The average molecular weight is 431 g/mol. The predicted octanol–water partition coefficient (Wildman–Crippen LogP) is 4.11. The molecule has 29 heavy (non-hydrogen) atoms. The Morgan fingerprint density at radius 3 is 2.69 bits per heavy atom. The second kappa shape index (κ2) is 9.71. The molecule has 0 aliphatic heterocycles. The molecular weight excluding hydrogens is 408 g/mol. The highest BCUT2D eigenvalue weighted by molar-refractivity contribution is 7.99. The maximum Gasteiger partial charge on any atom is 0.341 e. The first kappa shape index (κ1) is 21.1. The van der Waals surface area contributed by atoms with Crippen molar-refractivity contribution in [2.75, 3.05) is 17.7 Å². The molecule has 152 valence electrons. The van der Waals surface area contributed by atoms with E-state index in [1.807, 2.05) is 48.7 Å². The van der Waals surface area contributed by atoms with Crippen molar-refractivity contribution in [2.45, 2.75) is 32.3 Å². The number of thioether (sulfide) groups is 1. The zero-order valence-electron chi connectivity index (χ0n) is 16.5. The standard InChI is InChI=1S/C20H22N4O3S2/c1-4-15-13(3)29-18(17(15)19(26)27-5-2)22-16(25)11-28-20-23-21-12-24(20)14-9-7-6-8-10-14/h6-10,12H,4-5,11H2,1-3H3,(H,22,25). The Labute approximate surface area is 177 Å². The van der Waals surface area contributed by atoms with E-state index in [2.05, 4.69) is 15.5 Å². The van der Waals surface area contributed by atoms with E-state index in [9.17, 15) is 9.59 Å². The van der Waals surface area contributed by atoms with Crippen molar-refractivity contribution in [2.24, 2.45) is 0 Å². The molecule has 7 nitrogen and oxygen atoms in total. The highest BCUT2D eigenvalue weighted by Gasteiger charge is 2.23. The fraction of sp³-hybridized carbons (Fsp3) is 0.300. The molecule has 0 aliphatic carbocycles. The van der Waals surface area contributed by atoms with Crippen LogP contribution in [-0.2, 0) is 16.0 Å². The number of carbonyl (C=O) groups excluding carboxylic acids is 2. The van der Waals surface area contributed by atoms with Crippen LogP contribution in [0.5, 0.6) is 0 Å². The van der Waals surface area contributed by atoms with Gasteiger partial charge in [-0.3, -0.25) is 9.36 Å². The first-order valence-corrected chi connectivity index (χ1v) is 11.0. The largest absolute Gasteiger partial charge is 0.462 e. The summed E-state index contributed by atoms with van der Waals surface area (Å²) in [6, 6.07) is 9.68. The van der Waals surface area contributed by atoms with Crippen LogP contribution in [0.25, 0.3) is 5.69 Å². The minimum absolute atomic E-state index is 0.145. The molecule has 3 rings (SSSR count). The Bertz CT molecular complexity index is 999. The monoisotopic (exact) mass is 430 g/mol. The summed E-state index contributed by atoms with van der Waals surface area (Å²) in [5.41, 5.74) is 2.30. The van der Waals surface area contributed by atoms with Crippen molar-refractivity contribution >= 4 is 40.0 Å². The van der Waals surface area contributed by atoms with E-state index in [1.165, 1.54) is 23.1 Å². The van der Waals surface area contributed by atoms with Crippen LogP contribution in [0.1, 0.15) is 34.6 Å². The molecule has 0 bridgehead atoms. The number of rotatable bonds is 8. The summed E-state index contributed by atoms with van der Waals surface area (Å²) in [6.07, 6.45) is 2.31. The first-order valence-electron chi connectivity index (χ1n) is 9.22. The number of nitrogens with zero attached hydrogens (tertiary/aromatic N) is 3. The number of anilines is 1. The van der Waals surface area contributed by atoms with Crippen LogP contribution in [0.3, 0.4) is 0 Å². The summed E-state index contributed by atoms with van der Waals surface area (Å²) < 4.78 is 7.01. The number of nitrogens with one attached hydrogen (secondary N) is 1. The second-order valence-electron chi connectivity index (χ2n) is 6.07. The van der Waals surface area contributed by atoms with E-state index in [0.29, 0.717) is 22.1 Å². The molecule has 0 saturated heterocycles. The molecule has 3 aromatic rings. The van der Waals surface area contributed by atoms with Gasteiger partial charge in [0.15, 0.2) is 5.16 Å². The van der Waals surface area contributed by atoms with Gasteiger partial charge >= 0.3 is 5.97 Å². The van der Waals surface area contributed by atoms with Gasteiger partial charge in [-0.05, 0) is 38.0 Å². The van der Waals surface area contributed by atoms with E-state index in [0.717, 1.165) is 16.1 Å². The molecule has 1 N–H and O–H groups in total. The number of amides is 1. The van der Waals surface area contributed by atoms with Crippen molar-refractivity contribution in [1.29, 1.82) is 0 Å². The Kier molecular flexibility index (Phi) is 7.05. The molecule has 1 aromatic carbocycles. The van der Waals surface area contributed by atoms with Gasteiger partial charge in [-0.15, -0.1) is 21.5 Å². The summed E-state index contributed by atoms with van der Waals surface area (Å²) in [7, 11) is 0. The fourth-order valence-electron chi connectivity index (χ4n) is 2.89. The number of hydrogen-bond acceptors (Lipinski definition) is 7. The SMILES string of the molecule is CCOC(=O)c1c(NC(=O)CSc2nncn2-c2ccccc2)sc(C)c1CC. The maximum absolute atomic E-state index is 12.6. The Balaban J connectivity index is 1.71. The minimum atomic E-state index is -0.402. The highest BCUT2D eigenvalue weighted by atomic mass is 32.2. The minimum Gasteiger partial charge on any atom is -0.462 e. The number of esters is 1. The number of carbonyl (C=O) groups is 2. The molecule has 9 heteroatoms. The number of aromatic nitrogens is 3. The van der Waals surface area contributed by atoms with E-state index in [4.69, 9.17) is 4.74 Å². The fourth-order valence-corrected chi connectivity index (χ4v) is 4.77. The van der Waals surface area contributed by atoms with Gasteiger partial charge in [-0.1, -0.05) is 36.9 Å². The second-order valence-corrected chi connectivity index (χ2v) is 8.24. The van der Waals surface area contributed by atoms with Crippen LogP contribution in [0.15, 0.2) is 41.8 Å². The van der Waals surface area contributed by atoms with Crippen molar-refractivity contribution in [1.82, 2.24) is 14.8 Å². The summed E-state index contributed by atoms with van der Waals surface area (Å²) in [5, 5.41) is 12.1. The number of hydrogen-bond donors (Lipinski definition) is 1. The van der Waals surface area contributed by atoms with Gasteiger partial charge in [0.2, 0.25) is 5.91 Å². The van der Waals surface area contributed by atoms with E-state index < -0.39 is 5.97 Å². The number of para-hydroxylation sites is 1. The van der Waals surface area contributed by atoms with Gasteiger partial charge in [0.1, 0.15) is 11.3 Å². The normalized spacial score (nSPS) is 10.7. The van der Waals surface area contributed by atoms with Crippen LogP contribution in [0.4, 0.5) is 5.00 Å². The van der Waals surface area contributed by atoms with Gasteiger partial charge in [0.05, 0.1) is 17.9 Å². The molecule has 0 unspecified atom stereocenters. The lowest BCUT2D eigenvalue weighted by Crippen LogP contribution is -2.17. The smallest absolute Gasteiger partial charge is 0.341 e. The van der Waals surface area contributed by atoms with Crippen LogP contribution in [0.2, 0.25) is 0 Å². The van der Waals surface area contributed by atoms with E-state index in [-0.39, 0.29) is 18.3 Å². The molecular formula is C20H22N4O3S2. The van der Waals surface area contributed by atoms with Gasteiger partial charge in [0.25, 0.3) is 0 Å². The molecule has 0 fully saturated rings. The van der Waals surface area contributed by atoms with Gasteiger partial charge < -0.3 is 10.1 Å². The van der Waals surface area contributed by atoms with Crippen LogP contribution in [0, 0.1) is 6.92 Å². The lowest BCUT2D eigenvalue weighted by Gasteiger charge is -2.08. The van der Waals surface area contributed by atoms with Crippen LogP contribution >= 0.6 is 23.1 Å². The first-order chi connectivity index (χ1) is 14.0. The summed E-state index contributed by atoms with van der Waals surface area (Å²) in [5.74, 6) is -0.473. The number of thiophene rings is 1. The molecule has 1 amide bonds. The molecule has 0 saturated carbocycles. The van der Waals surface area contributed by atoms with E-state index in [1.54, 1.807) is 13.3 Å². The number of benzene rings is 1. The number of aryl methyl sites for hydroxylation is 1. The molecule has 2 aromatic heterocycles. The Hall–Kier alpha value is -2.65. The summed E-state index contributed by atoms with van der Waals surface area (Å²) in [6.45, 7) is 5.98. The topological polar surface area (TPSA) is 86.1 Å². The molecule has 0 radical (unpaired) electrons. The molecule has 0 spiro atoms. The third kappa shape index (κ3) is 4.86. The van der Waals surface area contributed by atoms with Crippen molar-refractivity contribution < 1.29 is 14.3 Å². The Morgan fingerprint density at radius 1 is 1.24 bits per heavy atom. The van der Waals surface area contributed by atoms with Gasteiger partial charge in [-0.25, -0.2) is 4.79 Å². The van der Waals surface area contributed by atoms with Gasteiger partial charge in [-0.2, -0.15) is 0 Å². The molecule has 0 aliphatic rings. The average Bonchev–Trinajstić information content (AvgIpc) is 3.31. The van der Waals surface area contributed by atoms with Crippen molar-refractivity contribution in [3.8, 4) is 5.69 Å². The predicted molar refractivity (Wildman–Crippen MR) is 115 cm³/mol. The van der Waals surface area contributed by atoms with Crippen molar-refractivity contribution in [3.05, 3.63) is 52.7 Å². The quantitative estimate of drug-likeness (QED) is 0.428. The summed E-state index contributed by atoms with van der Waals surface area (Å²) in [4.78, 5) is 26.0. The lowest BCUT2D eigenvalue weighted by molar-refractivity contribution is -0.113. The summed E-state index contributed by atoms with van der Waals surface area (Å²) >= 11 is 2.68. The van der Waals surface area contributed by atoms with E-state index >= 15 is 0 Å². The third-order valence-electron chi connectivity index (χ3n) is 4.18. The molecule has 2 heterocycles.